The summed E-state index contributed by atoms with van der Waals surface area (Å²) in [5, 5.41) is 3.28. The van der Waals surface area contributed by atoms with Gasteiger partial charge in [-0.25, -0.2) is 0 Å². The van der Waals surface area contributed by atoms with Crippen LogP contribution in [0.2, 0.25) is 10.0 Å². The normalized spacial score (nSPS) is 10.8. The summed E-state index contributed by atoms with van der Waals surface area (Å²) in [6.45, 7) is 0. The molecule has 0 bridgehead atoms. The van der Waals surface area contributed by atoms with Crippen molar-refractivity contribution in [3.05, 3.63) is 64.6 Å². The Morgan fingerprint density at radius 3 is 2.26 bits per heavy atom. The van der Waals surface area contributed by atoms with Crippen LogP contribution in [0.4, 0.5) is 5.69 Å². The second kappa shape index (κ2) is 4.76. The first-order chi connectivity index (χ1) is 9.16. The second-order valence-electron chi connectivity index (χ2n) is 4.38. The van der Waals surface area contributed by atoms with Gasteiger partial charge in [-0.3, -0.25) is 0 Å². The molecule has 2 N–H and O–H groups in total. The molecule has 0 atom stereocenters. The van der Waals surface area contributed by atoms with E-state index in [4.69, 9.17) is 28.9 Å². The molecular formula is C16H11Cl2N. The maximum atomic E-state index is 6.09. The van der Waals surface area contributed by atoms with Gasteiger partial charge in [-0.15, -0.1) is 0 Å². The summed E-state index contributed by atoms with van der Waals surface area (Å²) in [5.74, 6) is 0. The first-order valence-electron chi connectivity index (χ1n) is 5.89. The van der Waals surface area contributed by atoms with Crippen LogP contribution in [-0.2, 0) is 0 Å². The number of fused-ring (bicyclic) bond motifs is 1. The highest BCUT2D eigenvalue weighted by molar-refractivity contribution is 6.42. The van der Waals surface area contributed by atoms with Crippen molar-refractivity contribution >= 4 is 39.7 Å². The number of nitrogen functional groups attached to an aromatic ring is 1. The molecule has 3 aromatic carbocycles. The molecule has 0 radical (unpaired) electrons. The summed E-state index contributed by atoms with van der Waals surface area (Å²) >= 11 is 12.0. The zero-order valence-corrected chi connectivity index (χ0v) is 11.5. The number of hydrogen-bond donors (Lipinski definition) is 1. The lowest BCUT2D eigenvalue weighted by molar-refractivity contribution is 1.64. The third-order valence-corrected chi connectivity index (χ3v) is 3.93. The highest BCUT2D eigenvalue weighted by atomic mass is 35.5. The second-order valence-corrected chi connectivity index (χ2v) is 5.19. The van der Waals surface area contributed by atoms with Crippen molar-refractivity contribution in [2.24, 2.45) is 0 Å². The molecule has 0 spiro atoms. The van der Waals surface area contributed by atoms with Crippen molar-refractivity contribution in [3.8, 4) is 11.1 Å². The summed E-state index contributed by atoms with van der Waals surface area (Å²) in [5.41, 5.74) is 8.92. The molecule has 0 unspecified atom stereocenters. The van der Waals surface area contributed by atoms with Crippen LogP contribution in [0.1, 0.15) is 0 Å². The van der Waals surface area contributed by atoms with E-state index in [9.17, 15) is 0 Å². The minimum Gasteiger partial charge on any atom is -0.398 e. The van der Waals surface area contributed by atoms with Crippen LogP contribution in [0.25, 0.3) is 21.9 Å². The van der Waals surface area contributed by atoms with E-state index in [0.717, 1.165) is 27.6 Å². The summed E-state index contributed by atoms with van der Waals surface area (Å²) in [6, 6.07) is 17.6. The molecule has 0 amide bonds. The first-order valence-corrected chi connectivity index (χ1v) is 6.65. The largest absolute Gasteiger partial charge is 0.398 e. The van der Waals surface area contributed by atoms with E-state index in [1.165, 1.54) is 0 Å². The smallest absolute Gasteiger partial charge is 0.0598 e. The van der Waals surface area contributed by atoms with Crippen LogP contribution in [0.3, 0.4) is 0 Å². The number of benzene rings is 3. The molecule has 19 heavy (non-hydrogen) atoms. The third-order valence-electron chi connectivity index (χ3n) is 3.19. The van der Waals surface area contributed by atoms with E-state index in [0.29, 0.717) is 10.0 Å². The predicted molar refractivity (Wildman–Crippen MR) is 83.8 cm³/mol. The minimum absolute atomic E-state index is 0.556. The molecule has 0 saturated heterocycles. The molecule has 3 rings (SSSR count). The number of halogens is 2. The fourth-order valence-corrected chi connectivity index (χ4v) is 2.55. The quantitative estimate of drug-likeness (QED) is 0.596. The lowest BCUT2D eigenvalue weighted by atomic mass is 9.97. The van der Waals surface area contributed by atoms with E-state index in [1.54, 1.807) is 0 Å². The lowest BCUT2D eigenvalue weighted by Crippen LogP contribution is -1.88. The van der Waals surface area contributed by atoms with Gasteiger partial charge in [-0.1, -0.05) is 59.6 Å². The SMILES string of the molecule is Nc1cccc2c(-c3ccc(Cl)c(Cl)c3)cccc12. The van der Waals surface area contributed by atoms with Gasteiger partial charge in [-0.05, 0) is 34.7 Å². The molecule has 1 nitrogen and oxygen atoms in total. The highest BCUT2D eigenvalue weighted by Crippen LogP contribution is 2.34. The van der Waals surface area contributed by atoms with E-state index in [2.05, 4.69) is 12.1 Å². The Hall–Kier alpha value is -1.70. The van der Waals surface area contributed by atoms with Gasteiger partial charge in [0.25, 0.3) is 0 Å². The maximum Gasteiger partial charge on any atom is 0.0598 e. The molecule has 3 aromatic rings. The van der Waals surface area contributed by atoms with Crippen LogP contribution >= 0.6 is 23.2 Å². The van der Waals surface area contributed by atoms with E-state index in [-0.39, 0.29) is 0 Å². The number of hydrogen-bond acceptors (Lipinski definition) is 1. The fraction of sp³-hybridized carbons (Fsp3) is 0. The number of nitrogens with two attached hydrogens (primary N) is 1. The molecule has 0 fully saturated rings. The summed E-state index contributed by atoms with van der Waals surface area (Å²) in [6.07, 6.45) is 0. The average molecular weight is 288 g/mol. The Morgan fingerprint density at radius 1 is 0.737 bits per heavy atom. The van der Waals surface area contributed by atoms with Crippen LogP contribution < -0.4 is 5.73 Å². The van der Waals surface area contributed by atoms with Crippen molar-refractivity contribution in [2.45, 2.75) is 0 Å². The van der Waals surface area contributed by atoms with E-state index >= 15 is 0 Å². The molecule has 0 saturated carbocycles. The molecular weight excluding hydrogens is 277 g/mol. The van der Waals surface area contributed by atoms with Gasteiger partial charge in [0, 0.05) is 11.1 Å². The topological polar surface area (TPSA) is 26.0 Å². The van der Waals surface area contributed by atoms with E-state index in [1.807, 2.05) is 42.5 Å². The van der Waals surface area contributed by atoms with Crippen molar-refractivity contribution in [3.63, 3.8) is 0 Å². The van der Waals surface area contributed by atoms with E-state index < -0.39 is 0 Å². The van der Waals surface area contributed by atoms with Gasteiger partial charge < -0.3 is 5.73 Å². The molecule has 0 aliphatic carbocycles. The Morgan fingerprint density at radius 2 is 1.47 bits per heavy atom. The predicted octanol–water partition coefficient (Wildman–Crippen LogP) is 5.40. The Kier molecular flexibility index (Phi) is 3.09. The summed E-state index contributed by atoms with van der Waals surface area (Å²) in [7, 11) is 0. The monoisotopic (exact) mass is 287 g/mol. The van der Waals surface area contributed by atoms with Gasteiger partial charge in [0.2, 0.25) is 0 Å². The van der Waals surface area contributed by atoms with Gasteiger partial charge in [0.15, 0.2) is 0 Å². The molecule has 0 heterocycles. The first kappa shape index (κ1) is 12.3. The highest BCUT2D eigenvalue weighted by Gasteiger charge is 2.07. The zero-order valence-electron chi connectivity index (χ0n) is 10.0. The Balaban J connectivity index is 2.30. The zero-order chi connectivity index (χ0) is 13.4. The van der Waals surface area contributed by atoms with Crippen LogP contribution in [0.5, 0.6) is 0 Å². The third kappa shape index (κ3) is 2.16. The van der Waals surface area contributed by atoms with Gasteiger partial charge in [0.1, 0.15) is 0 Å². The number of anilines is 1. The fourth-order valence-electron chi connectivity index (χ4n) is 2.25. The molecule has 0 aliphatic heterocycles. The summed E-state index contributed by atoms with van der Waals surface area (Å²) in [4.78, 5) is 0. The van der Waals surface area contributed by atoms with Gasteiger partial charge >= 0.3 is 0 Å². The standard InChI is InChI=1S/C16H11Cl2N/c17-14-8-7-10(9-15(14)18)11-3-1-5-13-12(11)4-2-6-16(13)19/h1-9H,19H2. The van der Waals surface area contributed by atoms with Crippen molar-refractivity contribution in [2.75, 3.05) is 5.73 Å². The van der Waals surface area contributed by atoms with Crippen LogP contribution in [0.15, 0.2) is 54.6 Å². The van der Waals surface area contributed by atoms with Gasteiger partial charge in [0.05, 0.1) is 10.0 Å². The number of rotatable bonds is 1. The average Bonchev–Trinajstić information content (AvgIpc) is 2.42. The molecule has 3 heteroatoms. The summed E-state index contributed by atoms with van der Waals surface area (Å²) < 4.78 is 0. The van der Waals surface area contributed by atoms with Crippen molar-refractivity contribution < 1.29 is 0 Å². The molecule has 0 aliphatic rings. The van der Waals surface area contributed by atoms with Crippen LogP contribution in [-0.4, -0.2) is 0 Å². The van der Waals surface area contributed by atoms with Crippen LogP contribution in [0, 0.1) is 0 Å². The van der Waals surface area contributed by atoms with Crippen molar-refractivity contribution in [1.82, 2.24) is 0 Å². The Labute approximate surface area is 121 Å². The van der Waals surface area contributed by atoms with Gasteiger partial charge in [-0.2, -0.15) is 0 Å². The molecule has 94 valence electrons. The Bertz CT molecular complexity index is 766. The molecule has 0 aromatic heterocycles. The minimum atomic E-state index is 0.556. The van der Waals surface area contributed by atoms with Crippen molar-refractivity contribution in [1.29, 1.82) is 0 Å². The maximum absolute atomic E-state index is 6.09. The lowest BCUT2D eigenvalue weighted by Gasteiger charge is -2.09.